The fourth-order valence-corrected chi connectivity index (χ4v) is 4.87. The fraction of sp³-hybridized carbons (Fsp3) is 0.588. The number of ether oxygens (including phenoxy) is 2. The summed E-state index contributed by atoms with van der Waals surface area (Å²) < 4.78 is 37.8. The van der Waals surface area contributed by atoms with E-state index in [-0.39, 0.29) is 29.0 Å². The lowest BCUT2D eigenvalue weighted by Crippen LogP contribution is -2.40. The molecule has 8 nitrogen and oxygen atoms in total. The number of benzene rings is 1. The fourth-order valence-electron chi connectivity index (χ4n) is 3.26. The van der Waals surface area contributed by atoms with Gasteiger partial charge in [0.25, 0.3) is 0 Å². The predicted molar refractivity (Wildman–Crippen MR) is 95.4 cm³/mol. The molecule has 1 amide bonds. The van der Waals surface area contributed by atoms with Gasteiger partial charge in [-0.2, -0.15) is 4.31 Å². The van der Waals surface area contributed by atoms with Gasteiger partial charge in [0.1, 0.15) is 10.6 Å². The molecular weight excluding hydrogens is 358 g/mol. The Morgan fingerprint density at radius 2 is 2.04 bits per heavy atom. The maximum Gasteiger partial charge on any atom is 0.246 e. The molecule has 0 saturated carbocycles. The van der Waals surface area contributed by atoms with Crippen molar-refractivity contribution < 1.29 is 22.7 Å². The summed E-state index contributed by atoms with van der Waals surface area (Å²) in [5.41, 5.74) is 6.49. The lowest BCUT2D eigenvalue weighted by Gasteiger charge is -2.27. The van der Waals surface area contributed by atoms with Crippen LogP contribution in [-0.4, -0.2) is 76.1 Å². The molecule has 2 fully saturated rings. The van der Waals surface area contributed by atoms with E-state index in [1.165, 1.54) is 17.5 Å². The summed E-state index contributed by atoms with van der Waals surface area (Å²) in [6, 6.07) is 4.89. The Balaban J connectivity index is 1.83. The van der Waals surface area contributed by atoms with Crippen molar-refractivity contribution in [3.63, 3.8) is 0 Å². The molecule has 0 aromatic heterocycles. The van der Waals surface area contributed by atoms with E-state index in [1.54, 1.807) is 17.0 Å². The first kappa shape index (κ1) is 19.1. The smallest absolute Gasteiger partial charge is 0.246 e. The number of carbonyl (C=O) groups excluding carboxylic acids is 1. The van der Waals surface area contributed by atoms with Gasteiger partial charge in [-0.1, -0.05) is 6.07 Å². The summed E-state index contributed by atoms with van der Waals surface area (Å²) in [5, 5.41) is 0. The number of rotatable bonds is 5. The Morgan fingerprint density at radius 3 is 2.65 bits per heavy atom. The molecule has 3 rings (SSSR count). The van der Waals surface area contributed by atoms with Gasteiger partial charge in [0.05, 0.1) is 26.7 Å². The van der Waals surface area contributed by atoms with E-state index in [9.17, 15) is 13.2 Å². The molecule has 2 aliphatic heterocycles. The maximum atomic E-state index is 13.0. The third kappa shape index (κ3) is 4.01. The monoisotopic (exact) mass is 383 g/mol. The van der Waals surface area contributed by atoms with Crippen LogP contribution in [0.1, 0.15) is 12.0 Å². The molecule has 9 heteroatoms. The normalized spacial score (nSPS) is 21.8. The quantitative estimate of drug-likeness (QED) is 0.757. The van der Waals surface area contributed by atoms with Crippen LogP contribution in [0, 0.1) is 0 Å². The second-order valence-corrected chi connectivity index (χ2v) is 8.47. The van der Waals surface area contributed by atoms with Gasteiger partial charge < -0.3 is 20.1 Å². The largest absolute Gasteiger partial charge is 0.495 e. The van der Waals surface area contributed by atoms with E-state index in [1.807, 2.05) is 0 Å². The van der Waals surface area contributed by atoms with E-state index in [0.717, 1.165) is 6.42 Å². The standard InChI is InChI=1S/C17H25N3O5S/c1-24-15-3-2-13(11-17(21)19-5-4-14(18)12-19)10-16(15)26(22,23)20-6-8-25-9-7-20/h2-3,10,14H,4-9,11-12,18H2,1H3/t14-/m1/s1. The number of methoxy groups -OCH3 is 1. The Hall–Kier alpha value is -1.68. The number of carbonyl (C=O) groups is 1. The second-order valence-electron chi connectivity index (χ2n) is 6.57. The number of morpholine rings is 1. The minimum Gasteiger partial charge on any atom is -0.495 e. The number of nitrogens with zero attached hydrogens (tertiary/aromatic N) is 2. The highest BCUT2D eigenvalue weighted by molar-refractivity contribution is 7.89. The summed E-state index contributed by atoms with van der Waals surface area (Å²) in [4.78, 5) is 14.3. The molecule has 144 valence electrons. The molecule has 1 aromatic carbocycles. The van der Waals surface area contributed by atoms with Gasteiger partial charge in [-0.25, -0.2) is 8.42 Å². The van der Waals surface area contributed by atoms with Crippen LogP contribution in [0.3, 0.4) is 0 Å². The first-order valence-electron chi connectivity index (χ1n) is 8.70. The van der Waals surface area contributed by atoms with Crippen molar-refractivity contribution in [2.45, 2.75) is 23.8 Å². The average Bonchev–Trinajstić information content (AvgIpc) is 3.09. The Labute approximate surface area is 153 Å². The van der Waals surface area contributed by atoms with Crippen molar-refractivity contribution in [2.24, 2.45) is 5.73 Å². The molecule has 2 aliphatic rings. The van der Waals surface area contributed by atoms with Gasteiger partial charge in [-0.15, -0.1) is 0 Å². The first-order valence-corrected chi connectivity index (χ1v) is 10.1. The van der Waals surface area contributed by atoms with Crippen LogP contribution in [0.25, 0.3) is 0 Å². The maximum absolute atomic E-state index is 13.0. The van der Waals surface area contributed by atoms with Crippen LogP contribution >= 0.6 is 0 Å². The van der Waals surface area contributed by atoms with Crippen LogP contribution in [0.2, 0.25) is 0 Å². The molecule has 2 saturated heterocycles. The van der Waals surface area contributed by atoms with Crippen LogP contribution in [0.4, 0.5) is 0 Å². The van der Waals surface area contributed by atoms with Gasteiger partial charge in [0.2, 0.25) is 15.9 Å². The van der Waals surface area contributed by atoms with E-state index in [2.05, 4.69) is 0 Å². The number of sulfonamides is 1. The van der Waals surface area contributed by atoms with Crippen molar-refractivity contribution in [3.05, 3.63) is 23.8 Å². The van der Waals surface area contributed by atoms with Crippen molar-refractivity contribution in [1.29, 1.82) is 0 Å². The molecule has 1 atom stereocenters. The third-order valence-electron chi connectivity index (χ3n) is 4.75. The highest BCUT2D eigenvalue weighted by Crippen LogP contribution is 2.29. The van der Waals surface area contributed by atoms with Gasteiger partial charge in [0, 0.05) is 32.2 Å². The molecule has 2 heterocycles. The number of amides is 1. The number of hydrogen-bond acceptors (Lipinski definition) is 6. The number of hydrogen-bond donors (Lipinski definition) is 1. The Bertz CT molecular complexity index is 762. The SMILES string of the molecule is COc1ccc(CC(=O)N2CC[C@@H](N)C2)cc1S(=O)(=O)N1CCOCC1. The number of likely N-dealkylation sites (tertiary alicyclic amines) is 1. The molecule has 0 spiro atoms. The highest BCUT2D eigenvalue weighted by Gasteiger charge is 2.30. The molecule has 0 radical (unpaired) electrons. The minimum absolute atomic E-state index is 0.0204. The molecule has 2 N–H and O–H groups in total. The van der Waals surface area contributed by atoms with Crippen molar-refractivity contribution in [1.82, 2.24) is 9.21 Å². The summed E-state index contributed by atoms with van der Waals surface area (Å²) in [6.07, 6.45) is 0.938. The van der Waals surface area contributed by atoms with Gasteiger partial charge in [-0.3, -0.25) is 4.79 Å². The second kappa shape index (κ2) is 7.91. The van der Waals surface area contributed by atoms with E-state index >= 15 is 0 Å². The minimum atomic E-state index is -3.71. The Morgan fingerprint density at radius 1 is 1.31 bits per heavy atom. The topological polar surface area (TPSA) is 102 Å². The van der Waals surface area contributed by atoms with E-state index in [0.29, 0.717) is 45.0 Å². The lowest BCUT2D eigenvalue weighted by atomic mass is 10.1. The summed E-state index contributed by atoms with van der Waals surface area (Å²) in [6.45, 7) is 2.55. The predicted octanol–water partition coefficient (Wildman–Crippen LogP) is -0.182. The molecule has 26 heavy (non-hydrogen) atoms. The van der Waals surface area contributed by atoms with Crippen molar-refractivity contribution in [3.8, 4) is 5.75 Å². The van der Waals surface area contributed by atoms with E-state index < -0.39 is 10.0 Å². The van der Waals surface area contributed by atoms with Crippen LogP contribution in [-0.2, 0) is 26.0 Å². The van der Waals surface area contributed by atoms with Crippen LogP contribution < -0.4 is 10.5 Å². The molecule has 1 aromatic rings. The number of nitrogens with two attached hydrogens (primary N) is 1. The summed E-state index contributed by atoms with van der Waals surface area (Å²) in [5.74, 6) is 0.230. The summed E-state index contributed by atoms with van der Waals surface area (Å²) >= 11 is 0. The van der Waals surface area contributed by atoms with Crippen LogP contribution in [0.15, 0.2) is 23.1 Å². The summed E-state index contributed by atoms with van der Waals surface area (Å²) in [7, 11) is -2.27. The zero-order valence-electron chi connectivity index (χ0n) is 14.9. The molecular formula is C17H25N3O5S. The molecule has 0 aliphatic carbocycles. The van der Waals surface area contributed by atoms with E-state index in [4.69, 9.17) is 15.2 Å². The third-order valence-corrected chi connectivity index (χ3v) is 6.67. The lowest BCUT2D eigenvalue weighted by molar-refractivity contribution is -0.129. The average molecular weight is 383 g/mol. The van der Waals surface area contributed by atoms with Gasteiger partial charge in [-0.05, 0) is 24.1 Å². The van der Waals surface area contributed by atoms with Gasteiger partial charge >= 0.3 is 0 Å². The van der Waals surface area contributed by atoms with Crippen molar-refractivity contribution >= 4 is 15.9 Å². The molecule has 0 unspecified atom stereocenters. The molecule has 0 bridgehead atoms. The van der Waals surface area contributed by atoms with Crippen LogP contribution in [0.5, 0.6) is 5.75 Å². The first-order chi connectivity index (χ1) is 12.4. The zero-order chi connectivity index (χ0) is 18.7. The van der Waals surface area contributed by atoms with Gasteiger partial charge in [0.15, 0.2) is 0 Å². The zero-order valence-corrected chi connectivity index (χ0v) is 15.7. The Kier molecular flexibility index (Phi) is 5.81. The van der Waals surface area contributed by atoms with Crippen molar-refractivity contribution in [2.75, 3.05) is 46.5 Å². The highest BCUT2D eigenvalue weighted by atomic mass is 32.2.